The Morgan fingerprint density at radius 2 is 1.50 bits per heavy atom. The zero-order valence-corrected chi connectivity index (χ0v) is 16.3. The van der Waals surface area contributed by atoms with Gasteiger partial charge in [-0.2, -0.15) is 18.2 Å². The molecule has 0 spiro atoms. The second-order valence-electron chi connectivity index (χ2n) is 6.33. The molecule has 0 unspecified atom stereocenters. The molecular weight excluding hydrogens is 404 g/mol. The highest BCUT2D eigenvalue weighted by Gasteiger charge is 2.31. The first-order chi connectivity index (χ1) is 14.2. The minimum atomic E-state index is -4.50. The number of aromatic nitrogens is 2. The highest BCUT2D eigenvalue weighted by molar-refractivity contribution is 5.63. The number of methoxy groups -OCH3 is 2. The van der Waals surface area contributed by atoms with Gasteiger partial charge >= 0.3 is 6.18 Å². The average molecular weight is 422 g/mol. The molecule has 0 aliphatic rings. The van der Waals surface area contributed by atoms with Gasteiger partial charge in [0.05, 0.1) is 26.0 Å². The molecule has 0 aliphatic heterocycles. The molecule has 1 aromatic heterocycles. The van der Waals surface area contributed by atoms with Crippen LogP contribution in [-0.4, -0.2) is 24.2 Å². The molecule has 0 fully saturated rings. The van der Waals surface area contributed by atoms with E-state index in [-0.39, 0.29) is 17.5 Å². The minimum absolute atomic E-state index is 0.0764. The second kappa shape index (κ2) is 8.44. The number of nitrogens with one attached hydrogen (secondary N) is 2. The lowest BCUT2D eigenvalue weighted by atomic mass is 10.1. The van der Waals surface area contributed by atoms with E-state index in [1.54, 1.807) is 18.2 Å². The maximum atomic E-state index is 14.2. The molecule has 1 heterocycles. The molecule has 0 saturated carbocycles. The fourth-order valence-electron chi connectivity index (χ4n) is 2.68. The van der Waals surface area contributed by atoms with Crippen LogP contribution in [0.15, 0.2) is 42.6 Å². The number of benzene rings is 2. The maximum absolute atomic E-state index is 14.2. The summed E-state index contributed by atoms with van der Waals surface area (Å²) in [7, 11) is 2.95. The van der Waals surface area contributed by atoms with E-state index >= 15 is 0 Å². The van der Waals surface area contributed by atoms with Crippen LogP contribution >= 0.6 is 0 Å². The second-order valence-corrected chi connectivity index (χ2v) is 6.33. The quantitative estimate of drug-likeness (QED) is 0.515. The summed E-state index contributed by atoms with van der Waals surface area (Å²) in [4.78, 5) is 7.82. The van der Waals surface area contributed by atoms with Gasteiger partial charge < -0.3 is 20.1 Å². The summed E-state index contributed by atoms with van der Waals surface area (Å²) >= 11 is 0. The summed E-state index contributed by atoms with van der Waals surface area (Å²) in [5.41, 5.74) is 0.151. The zero-order valence-electron chi connectivity index (χ0n) is 16.3. The van der Waals surface area contributed by atoms with Crippen molar-refractivity contribution < 1.29 is 27.0 Å². The number of nitrogens with zero attached hydrogens (tertiary/aromatic N) is 2. The van der Waals surface area contributed by atoms with Gasteiger partial charge in [0.2, 0.25) is 5.95 Å². The van der Waals surface area contributed by atoms with Crippen LogP contribution in [0.1, 0.15) is 11.1 Å². The smallest absolute Gasteiger partial charge is 0.416 e. The van der Waals surface area contributed by atoms with Crippen molar-refractivity contribution in [1.29, 1.82) is 0 Å². The maximum Gasteiger partial charge on any atom is 0.416 e. The Morgan fingerprint density at radius 1 is 0.867 bits per heavy atom. The SMILES string of the molecule is COc1cc(Nc2nc(Nc3cc(C)cc(C(F)(F)F)c3)ncc2F)cc(OC)c1. The van der Waals surface area contributed by atoms with Crippen LogP contribution in [0.3, 0.4) is 0 Å². The Hall–Kier alpha value is -3.56. The number of anilines is 4. The van der Waals surface area contributed by atoms with Crippen LogP contribution in [0.5, 0.6) is 11.5 Å². The number of rotatable bonds is 6. The highest BCUT2D eigenvalue weighted by atomic mass is 19.4. The lowest BCUT2D eigenvalue weighted by molar-refractivity contribution is -0.137. The topological polar surface area (TPSA) is 68.3 Å². The van der Waals surface area contributed by atoms with Crippen LogP contribution in [-0.2, 0) is 6.18 Å². The van der Waals surface area contributed by atoms with E-state index in [9.17, 15) is 17.6 Å². The zero-order chi connectivity index (χ0) is 21.9. The predicted molar refractivity (Wildman–Crippen MR) is 104 cm³/mol. The van der Waals surface area contributed by atoms with E-state index < -0.39 is 17.6 Å². The van der Waals surface area contributed by atoms with Gasteiger partial charge in [-0.05, 0) is 30.7 Å². The summed E-state index contributed by atoms with van der Waals surface area (Å²) in [6, 6.07) is 8.31. The van der Waals surface area contributed by atoms with E-state index in [1.807, 2.05) is 0 Å². The van der Waals surface area contributed by atoms with Crippen LogP contribution in [0.2, 0.25) is 0 Å². The minimum Gasteiger partial charge on any atom is -0.497 e. The molecule has 10 heteroatoms. The molecule has 3 aromatic rings. The molecule has 0 saturated heterocycles. The predicted octanol–water partition coefficient (Wildman–Crippen LogP) is 5.45. The van der Waals surface area contributed by atoms with Gasteiger partial charge in [0.15, 0.2) is 11.6 Å². The third kappa shape index (κ3) is 5.07. The van der Waals surface area contributed by atoms with Crippen molar-refractivity contribution in [2.45, 2.75) is 13.1 Å². The lowest BCUT2D eigenvalue weighted by Gasteiger charge is -2.13. The molecule has 0 radical (unpaired) electrons. The number of hydrogen-bond acceptors (Lipinski definition) is 6. The Bertz CT molecular complexity index is 1040. The van der Waals surface area contributed by atoms with E-state index in [4.69, 9.17) is 9.47 Å². The molecule has 30 heavy (non-hydrogen) atoms. The van der Waals surface area contributed by atoms with Gasteiger partial charge in [0.1, 0.15) is 11.5 Å². The van der Waals surface area contributed by atoms with Gasteiger partial charge in [-0.15, -0.1) is 0 Å². The monoisotopic (exact) mass is 422 g/mol. The fraction of sp³-hybridized carbons (Fsp3) is 0.200. The van der Waals surface area contributed by atoms with Crippen LogP contribution in [0.25, 0.3) is 0 Å². The average Bonchev–Trinajstić information content (AvgIpc) is 2.69. The van der Waals surface area contributed by atoms with E-state index in [2.05, 4.69) is 20.6 Å². The Kier molecular flexibility index (Phi) is 5.95. The van der Waals surface area contributed by atoms with E-state index in [0.717, 1.165) is 18.3 Å². The molecule has 158 valence electrons. The molecule has 2 N–H and O–H groups in total. The third-order valence-electron chi connectivity index (χ3n) is 4.02. The first-order valence-corrected chi connectivity index (χ1v) is 8.66. The molecule has 0 atom stereocenters. The van der Waals surface area contributed by atoms with Crippen molar-refractivity contribution in [3.05, 3.63) is 59.5 Å². The van der Waals surface area contributed by atoms with Gasteiger partial charge in [-0.25, -0.2) is 9.37 Å². The van der Waals surface area contributed by atoms with Crippen molar-refractivity contribution in [2.75, 3.05) is 24.9 Å². The summed E-state index contributed by atoms with van der Waals surface area (Å²) in [5, 5.41) is 5.47. The number of alkyl halides is 3. The summed E-state index contributed by atoms with van der Waals surface area (Å²) in [6.07, 6.45) is -3.58. The van der Waals surface area contributed by atoms with Gasteiger partial charge in [0, 0.05) is 29.6 Å². The van der Waals surface area contributed by atoms with E-state index in [1.165, 1.54) is 27.2 Å². The highest BCUT2D eigenvalue weighted by Crippen LogP contribution is 2.33. The van der Waals surface area contributed by atoms with Crippen molar-refractivity contribution in [3.63, 3.8) is 0 Å². The summed E-state index contributed by atoms with van der Waals surface area (Å²) in [5.74, 6) is -0.0465. The van der Waals surface area contributed by atoms with Crippen LogP contribution in [0, 0.1) is 12.7 Å². The summed E-state index contributed by atoms with van der Waals surface area (Å²) in [6.45, 7) is 1.54. The number of ether oxygens (including phenoxy) is 2. The molecular formula is C20H18F4N4O2. The Morgan fingerprint density at radius 3 is 2.10 bits per heavy atom. The lowest BCUT2D eigenvalue weighted by Crippen LogP contribution is -2.07. The molecule has 0 bridgehead atoms. The van der Waals surface area contributed by atoms with Crippen LogP contribution in [0.4, 0.5) is 40.7 Å². The van der Waals surface area contributed by atoms with Gasteiger partial charge in [-0.1, -0.05) is 0 Å². The fourth-order valence-corrected chi connectivity index (χ4v) is 2.68. The van der Waals surface area contributed by atoms with Crippen molar-refractivity contribution in [1.82, 2.24) is 9.97 Å². The number of aryl methyl sites for hydroxylation is 1. The van der Waals surface area contributed by atoms with Gasteiger partial charge in [-0.3, -0.25) is 0 Å². The normalized spacial score (nSPS) is 11.2. The van der Waals surface area contributed by atoms with E-state index in [0.29, 0.717) is 22.7 Å². The van der Waals surface area contributed by atoms with Crippen LogP contribution < -0.4 is 20.1 Å². The molecule has 0 amide bonds. The van der Waals surface area contributed by atoms with Crippen molar-refractivity contribution in [3.8, 4) is 11.5 Å². The van der Waals surface area contributed by atoms with Crippen molar-refractivity contribution >= 4 is 23.1 Å². The largest absolute Gasteiger partial charge is 0.497 e. The molecule has 6 nitrogen and oxygen atoms in total. The molecule has 0 aliphatic carbocycles. The molecule has 3 rings (SSSR count). The Labute approximate surface area is 169 Å². The molecule has 2 aromatic carbocycles. The van der Waals surface area contributed by atoms with Gasteiger partial charge in [0.25, 0.3) is 0 Å². The third-order valence-corrected chi connectivity index (χ3v) is 4.02. The Balaban J connectivity index is 1.89. The first-order valence-electron chi connectivity index (χ1n) is 8.66. The number of hydrogen-bond donors (Lipinski definition) is 2. The number of halogens is 4. The first kappa shape index (κ1) is 21.2. The standard InChI is InChI=1S/C20H18F4N4O2/c1-11-4-12(20(22,23)24)6-13(5-11)27-19-25-10-17(21)18(28-19)26-14-7-15(29-2)9-16(8-14)30-3/h4-10H,1-3H3,(H2,25,26,27,28). The van der Waals surface area contributed by atoms with Crippen molar-refractivity contribution in [2.24, 2.45) is 0 Å². The summed E-state index contributed by atoms with van der Waals surface area (Å²) < 4.78 is 63.6.